The Bertz CT molecular complexity index is 1500. The third kappa shape index (κ3) is 5.06. The molecule has 1 aromatic heterocycles. The molecule has 8 nitrogen and oxygen atoms in total. The fourth-order valence-electron chi connectivity index (χ4n) is 4.83. The molecule has 0 aliphatic carbocycles. The molecule has 0 amide bonds. The molecule has 194 valence electrons. The summed E-state index contributed by atoms with van der Waals surface area (Å²) in [5, 5.41) is 5.91. The molecular weight excluding hydrogens is 482 g/mol. The van der Waals surface area contributed by atoms with Crippen molar-refractivity contribution in [3.8, 4) is 22.6 Å². The average molecular weight is 512 g/mol. The molecule has 8 heteroatoms. The molecule has 1 aliphatic heterocycles. The number of hydrogen-bond acceptors (Lipinski definition) is 6. The Morgan fingerprint density at radius 3 is 2.82 bits per heavy atom. The van der Waals surface area contributed by atoms with Gasteiger partial charge in [0.15, 0.2) is 0 Å². The normalized spacial score (nSPS) is 14.8. The summed E-state index contributed by atoms with van der Waals surface area (Å²) in [6.07, 6.45) is 1.03. The zero-order chi connectivity index (χ0) is 26.5. The number of hydrogen-bond donors (Lipinski definition) is 0. The van der Waals surface area contributed by atoms with Crippen LogP contribution in [0.2, 0.25) is 0 Å². The van der Waals surface area contributed by atoms with Gasteiger partial charge in [0, 0.05) is 23.1 Å². The van der Waals surface area contributed by atoms with Crippen LogP contribution in [-0.4, -0.2) is 42.7 Å². The van der Waals surface area contributed by atoms with Crippen molar-refractivity contribution in [3.05, 3.63) is 83.3 Å². The molecule has 0 bridgehead atoms. The zero-order valence-corrected chi connectivity index (χ0v) is 21.5. The molecule has 3 aromatic carbocycles. The van der Waals surface area contributed by atoms with Crippen molar-refractivity contribution < 1.29 is 23.7 Å². The molecule has 4 aromatic rings. The quantitative estimate of drug-likeness (QED) is 0.205. The second kappa shape index (κ2) is 11.4. The number of fused-ring (bicyclic) bond motifs is 1. The topological polar surface area (TPSA) is 76.2 Å². The minimum absolute atomic E-state index is 0.139. The Hall–Kier alpha value is -4.35. The molecule has 0 spiro atoms. The van der Waals surface area contributed by atoms with Crippen LogP contribution in [0.1, 0.15) is 30.6 Å². The highest BCUT2D eigenvalue weighted by atomic mass is 16.5. The molecule has 0 N–H and O–H groups in total. The van der Waals surface area contributed by atoms with Gasteiger partial charge >= 0.3 is 5.97 Å². The van der Waals surface area contributed by atoms with Crippen LogP contribution >= 0.6 is 0 Å². The van der Waals surface area contributed by atoms with Gasteiger partial charge in [0.05, 0.1) is 44.9 Å². The van der Waals surface area contributed by atoms with Crippen molar-refractivity contribution >= 4 is 22.6 Å². The van der Waals surface area contributed by atoms with E-state index in [9.17, 15) is 4.79 Å². The van der Waals surface area contributed by atoms with Crippen molar-refractivity contribution in [1.82, 2.24) is 9.78 Å². The summed E-state index contributed by atoms with van der Waals surface area (Å²) >= 11 is 0. The van der Waals surface area contributed by atoms with E-state index in [1.54, 1.807) is 20.1 Å². The molecule has 38 heavy (non-hydrogen) atoms. The summed E-state index contributed by atoms with van der Waals surface area (Å²) < 4.78 is 24.6. The lowest BCUT2D eigenvalue weighted by Gasteiger charge is -2.12. The van der Waals surface area contributed by atoms with E-state index in [-0.39, 0.29) is 25.0 Å². The minimum atomic E-state index is -0.292. The van der Waals surface area contributed by atoms with E-state index in [0.717, 1.165) is 39.7 Å². The molecular formula is C30H29N3O5. The molecule has 1 fully saturated rings. The van der Waals surface area contributed by atoms with Crippen molar-refractivity contribution in [3.63, 3.8) is 0 Å². The number of benzene rings is 3. The number of carbonyl (C=O) groups is 1. The number of ether oxygens (including phenoxy) is 4. The van der Waals surface area contributed by atoms with E-state index in [1.807, 2.05) is 47.1 Å². The predicted octanol–water partition coefficient (Wildman–Crippen LogP) is 5.91. The summed E-state index contributed by atoms with van der Waals surface area (Å²) in [5.41, 5.74) is 4.76. The largest absolute Gasteiger partial charge is 0.507 e. The van der Waals surface area contributed by atoms with Gasteiger partial charge in [-0.1, -0.05) is 42.5 Å². The van der Waals surface area contributed by atoms with Gasteiger partial charge in [-0.25, -0.2) is 4.85 Å². The third-order valence-corrected chi connectivity index (χ3v) is 6.64. The SMILES string of the molecule is [C-]#[N+]c1cccc(-c2ccc3c(c2)c(COc2ccccc2CC(=O)OCC)nn3C2CCOC2)c1OC. The fraction of sp³-hybridized carbons (Fsp3) is 0.300. The first-order valence-corrected chi connectivity index (χ1v) is 12.6. The average Bonchev–Trinajstić information content (AvgIpc) is 3.60. The van der Waals surface area contributed by atoms with Crippen LogP contribution in [0.3, 0.4) is 0 Å². The van der Waals surface area contributed by atoms with Crippen LogP contribution in [0.15, 0.2) is 60.7 Å². The van der Waals surface area contributed by atoms with Gasteiger partial charge in [-0.3, -0.25) is 9.48 Å². The highest BCUT2D eigenvalue weighted by molar-refractivity contribution is 5.89. The summed E-state index contributed by atoms with van der Waals surface area (Å²) in [7, 11) is 1.58. The number of para-hydroxylation sites is 2. The molecule has 0 saturated carbocycles. The monoisotopic (exact) mass is 511 g/mol. The zero-order valence-electron chi connectivity index (χ0n) is 21.5. The summed E-state index contributed by atoms with van der Waals surface area (Å²) in [4.78, 5) is 15.7. The highest BCUT2D eigenvalue weighted by Gasteiger charge is 2.23. The predicted molar refractivity (Wildman–Crippen MR) is 144 cm³/mol. The molecule has 1 aliphatic rings. The first-order valence-electron chi connectivity index (χ1n) is 12.6. The second-order valence-corrected chi connectivity index (χ2v) is 8.99. The maximum absolute atomic E-state index is 12.1. The highest BCUT2D eigenvalue weighted by Crippen LogP contribution is 2.40. The molecule has 1 atom stereocenters. The Balaban J connectivity index is 1.53. The van der Waals surface area contributed by atoms with Crippen LogP contribution in [0.25, 0.3) is 26.9 Å². The van der Waals surface area contributed by atoms with Gasteiger partial charge in [-0.15, -0.1) is 0 Å². The van der Waals surface area contributed by atoms with Gasteiger partial charge in [0.25, 0.3) is 0 Å². The molecule has 5 rings (SSSR count). The smallest absolute Gasteiger partial charge is 0.310 e. The van der Waals surface area contributed by atoms with Crippen LogP contribution < -0.4 is 9.47 Å². The van der Waals surface area contributed by atoms with E-state index in [1.165, 1.54) is 0 Å². The maximum Gasteiger partial charge on any atom is 0.310 e. The van der Waals surface area contributed by atoms with Gasteiger partial charge in [-0.2, -0.15) is 5.10 Å². The first kappa shape index (κ1) is 25.3. The second-order valence-electron chi connectivity index (χ2n) is 8.99. The fourth-order valence-corrected chi connectivity index (χ4v) is 4.83. The van der Waals surface area contributed by atoms with Crippen molar-refractivity contribution in [2.75, 3.05) is 26.9 Å². The van der Waals surface area contributed by atoms with Gasteiger partial charge in [0.2, 0.25) is 5.69 Å². The number of aromatic nitrogens is 2. The van der Waals surface area contributed by atoms with Crippen molar-refractivity contribution in [2.45, 2.75) is 32.4 Å². The number of carbonyl (C=O) groups excluding carboxylic acids is 1. The number of rotatable bonds is 9. The Morgan fingerprint density at radius 1 is 1.18 bits per heavy atom. The molecule has 1 unspecified atom stereocenters. The first-order chi connectivity index (χ1) is 18.6. The van der Waals surface area contributed by atoms with Crippen molar-refractivity contribution in [2.24, 2.45) is 0 Å². The number of nitrogens with zero attached hydrogens (tertiary/aromatic N) is 3. The van der Waals surface area contributed by atoms with Gasteiger partial charge in [0.1, 0.15) is 23.8 Å². The van der Waals surface area contributed by atoms with Crippen LogP contribution in [-0.2, 0) is 27.3 Å². The Morgan fingerprint density at radius 2 is 2.05 bits per heavy atom. The standard InChI is InChI=1S/C30H29N3O5/c1-4-37-29(34)17-21-8-5-6-11-28(21)38-19-26-24-16-20(23-9-7-10-25(31-2)30(23)35-3)12-13-27(24)33(32-26)22-14-15-36-18-22/h5-13,16,22H,4,14-15,17-19H2,1,3H3. The Kier molecular flexibility index (Phi) is 7.57. The minimum Gasteiger partial charge on any atom is -0.507 e. The summed E-state index contributed by atoms with van der Waals surface area (Å²) in [6.45, 7) is 11.2. The van der Waals surface area contributed by atoms with Gasteiger partial charge < -0.3 is 18.9 Å². The lowest BCUT2D eigenvalue weighted by Crippen LogP contribution is -2.11. The van der Waals surface area contributed by atoms with Gasteiger partial charge in [-0.05, 0) is 37.1 Å². The van der Waals surface area contributed by atoms with Crippen LogP contribution in [0, 0.1) is 6.57 Å². The van der Waals surface area contributed by atoms with Crippen molar-refractivity contribution in [1.29, 1.82) is 0 Å². The lowest BCUT2D eigenvalue weighted by molar-refractivity contribution is -0.142. The van der Waals surface area contributed by atoms with E-state index in [0.29, 0.717) is 37.0 Å². The third-order valence-electron chi connectivity index (χ3n) is 6.64. The van der Waals surface area contributed by atoms with E-state index in [4.69, 9.17) is 30.6 Å². The number of methoxy groups -OCH3 is 1. The molecule has 2 heterocycles. The van der Waals surface area contributed by atoms with Crippen LogP contribution in [0.4, 0.5) is 5.69 Å². The maximum atomic E-state index is 12.1. The summed E-state index contributed by atoms with van der Waals surface area (Å²) in [5.74, 6) is 0.874. The van der Waals surface area contributed by atoms with E-state index in [2.05, 4.69) is 17.0 Å². The molecule has 0 radical (unpaired) electrons. The lowest BCUT2D eigenvalue weighted by atomic mass is 10.0. The Labute approximate surface area is 221 Å². The summed E-state index contributed by atoms with van der Waals surface area (Å²) in [6, 6.07) is 19.3. The van der Waals surface area contributed by atoms with Crippen LogP contribution in [0.5, 0.6) is 11.5 Å². The van der Waals surface area contributed by atoms with E-state index < -0.39 is 0 Å². The number of esters is 1. The van der Waals surface area contributed by atoms with E-state index >= 15 is 0 Å². The molecule has 1 saturated heterocycles.